The number of rotatable bonds is 7. The molecule has 0 unspecified atom stereocenters. The van der Waals surface area contributed by atoms with Crippen molar-refractivity contribution >= 4 is 5.96 Å². The quantitative estimate of drug-likeness (QED) is 0.454. The second-order valence-electron chi connectivity index (χ2n) is 7.49. The molecule has 1 N–H and O–H groups in total. The Bertz CT molecular complexity index is 744. The van der Waals surface area contributed by atoms with Crippen molar-refractivity contribution in [2.24, 2.45) is 4.99 Å². The zero-order valence-corrected chi connectivity index (χ0v) is 17.6. The standard InChI is InChI=1S/C22H34N6/c1-4-23-22(24-11-8-12-28-20(3)17-19(2)25-28)27-15-13-26(14-16-27)18-21-9-6-5-7-10-21/h5-7,9-10,17H,4,8,11-16,18H2,1-3H3,(H,23,24). The molecule has 1 saturated heterocycles. The van der Waals surface area contributed by atoms with E-state index in [2.05, 4.69) is 75.1 Å². The van der Waals surface area contributed by atoms with Gasteiger partial charge in [-0.1, -0.05) is 30.3 Å². The van der Waals surface area contributed by atoms with Gasteiger partial charge in [-0.2, -0.15) is 5.10 Å². The van der Waals surface area contributed by atoms with Crippen LogP contribution in [0.15, 0.2) is 41.4 Å². The van der Waals surface area contributed by atoms with Crippen molar-refractivity contribution < 1.29 is 0 Å². The highest BCUT2D eigenvalue weighted by molar-refractivity contribution is 5.80. The van der Waals surface area contributed by atoms with Crippen LogP contribution in [0.25, 0.3) is 0 Å². The van der Waals surface area contributed by atoms with Crippen LogP contribution in [0.2, 0.25) is 0 Å². The van der Waals surface area contributed by atoms with Crippen LogP contribution in [0.4, 0.5) is 0 Å². The maximum absolute atomic E-state index is 4.87. The first-order chi connectivity index (χ1) is 13.7. The molecule has 1 fully saturated rings. The number of piperazine rings is 1. The molecule has 0 radical (unpaired) electrons. The van der Waals surface area contributed by atoms with Gasteiger partial charge >= 0.3 is 0 Å². The highest BCUT2D eigenvalue weighted by atomic mass is 15.3. The van der Waals surface area contributed by atoms with Gasteiger partial charge in [0.1, 0.15) is 0 Å². The van der Waals surface area contributed by atoms with Crippen molar-refractivity contribution in [3.8, 4) is 0 Å². The van der Waals surface area contributed by atoms with Gasteiger partial charge in [0.05, 0.1) is 5.69 Å². The first-order valence-electron chi connectivity index (χ1n) is 10.5. The van der Waals surface area contributed by atoms with Gasteiger partial charge in [-0.25, -0.2) is 0 Å². The Morgan fingerprint density at radius 2 is 1.86 bits per heavy atom. The zero-order valence-electron chi connectivity index (χ0n) is 17.6. The fourth-order valence-corrected chi connectivity index (χ4v) is 3.69. The molecule has 0 amide bonds. The first kappa shape index (κ1) is 20.4. The predicted octanol–water partition coefficient (Wildman–Crippen LogP) is 2.67. The normalized spacial score (nSPS) is 15.8. The summed E-state index contributed by atoms with van der Waals surface area (Å²) in [5.74, 6) is 1.05. The third kappa shape index (κ3) is 5.83. The largest absolute Gasteiger partial charge is 0.357 e. The average Bonchev–Trinajstić information content (AvgIpc) is 3.03. The van der Waals surface area contributed by atoms with Gasteiger partial charge in [0.2, 0.25) is 0 Å². The Labute approximate surface area is 169 Å². The minimum absolute atomic E-state index is 0.824. The SMILES string of the molecule is CCNC(=NCCCn1nc(C)cc1C)N1CCN(Cc2ccccc2)CC1. The molecule has 6 heteroatoms. The maximum Gasteiger partial charge on any atom is 0.194 e. The molecule has 1 aliphatic heterocycles. The molecule has 1 aromatic carbocycles. The molecule has 28 heavy (non-hydrogen) atoms. The summed E-state index contributed by atoms with van der Waals surface area (Å²) < 4.78 is 2.08. The molecular weight excluding hydrogens is 348 g/mol. The van der Waals surface area contributed by atoms with E-state index in [0.717, 1.165) is 70.4 Å². The van der Waals surface area contributed by atoms with E-state index >= 15 is 0 Å². The van der Waals surface area contributed by atoms with Crippen LogP contribution < -0.4 is 5.32 Å². The Morgan fingerprint density at radius 1 is 1.11 bits per heavy atom. The van der Waals surface area contributed by atoms with Gasteiger partial charge in [0, 0.05) is 58.1 Å². The van der Waals surface area contributed by atoms with E-state index in [1.54, 1.807) is 0 Å². The summed E-state index contributed by atoms with van der Waals surface area (Å²) in [6.07, 6.45) is 1.00. The summed E-state index contributed by atoms with van der Waals surface area (Å²) in [6.45, 7) is 14.2. The van der Waals surface area contributed by atoms with E-state index < -0.39 is 0 Å². The number of aryl methyl sites for hydroxylation is 3. The summed E-state index contributed by atoms with van der Waals surface area (Å²) >= 11 is 0. The first-order valence-corrected chi connectivity index (χ1v) is 10.5. The molecule has 1 aromatic heterocycles. The second-order valence-corrected chi connectivity index (χ2v) is 7.49. The number of aliphatic imine (C=N–C) groups is 1. The number of hydrogen-bond donors (Lipinski definition) is 1. The zero-order chi connectivity index (χ0) is 19.8. The lowest BCUT2D eigenvalue weighted by atomic mass is 10.2. The van der Waals surface area contributed by atoms with Gasteiger partial charge in [-0.15, -0.1) is 0 Å². The summed E-state index contributed by atoms with van der Waals surface area (Å²) in [5, 5.41) is 8.00. The highest BCUT2D eigenvalue weighted by Crippen LogP contribution is 2.09. The fraction of sp³-hybridized carbons (Fsp3) is 0.545. The van der Waals surface area contributed by atoms with Crippen LogP contribution in [0.5, 0.6) is 0 Å². The summed E-state index contributed by atoms with van der Waals surface area (Å²) in [6, 6.07) is 12.9. The molecule has 0 spiro atoms. The Morgan fingerprint density at radius 3 is 2.50 bits per heavy atom. The smallest absolute Gasteiger partial charge is 0.194 e. The minimum atomic E-state index is 0.824. The number of benzene rings is 1. The monoisotopic (exact) mass is 382 g/mol. The lowest BCUT2D eigenvalue weighted by molar-refractivity contribution is 0.172. The van der Waals surface area contributed by atoms with Crippen LogP contribution in [0.1, 0.15) is 30.3 Å². The summed E-state index contributed by atoms with van der Waals surface area (Å²) in [4.78, 5) is 9.79. The summed E-state index contributed by atoms with van der Waals surface area (Å²) in [5.41, 5.74) is 3.70. The molecule has 6 nitrogen and oxygen atoms in total. The Kier molecular flexibility index (Phi) is 7.48. The third-order valence-corrected chi connectivity index (χ3v) is 5.15. The van der Waals surface area contributed by atoms with Crippen molar-refractivity contribution in [2.45, 2.75) is 40.3 Å². The minimum Gasteiger partial charge on any atom is -0.357 e. The van der Waals surface area contributed by atoms with Gasteiger partial charge in [0.25, 0.3) is 0 Å². The van der Waals surface area contributed by atoms with E-state index in [-0.39, 0.29) is 0 Å². The molecule has 0 bridgehead atoms. The lowest BCUT2D eigenvalue weighted by Crippen LogP contribution is -2.52. The summed E-state index contributed by atoms with van der Waals surface area (Å²) in [7, 11) is 0. The Balaban J connectivity index is 1.47. The van der Waals surface area contributed by atoms with Crippen molar-refractivity contribution in [3.05, 3.63) is 53.3 Å². The van der Waals surface area contributed by atoms with Crippen LogP contribution in [-0.2, 0) is 13.1 Å². The van der Waals surface area contributed by atoms with Crippen LogP contribution in [0, 0.1) is 13.8 Å². The molecule has 0 aliphatic carbocycles. The van der Waals surface area contributed by atoms with Gasteiger partial charge in [-0.05, 0) is 38.8 Å². The number of nitrogens with one attached hydrogen (secondary N) is 1. The lowest BCUT2D eigenvalue weighted by Gasteiger charge is -2.36. The van der Waals surface area contributed by atoms with Crippen molar-refractivity contribution in [2.75, 3.05) is 39.3 Å². The average molecular weight is 383 g/mol. The van der Waals surface area contributed by atoms with Gasteiger partial charge < -0.3 is 10.2 Å². The molecule has 3 rings (SSSR count). The number of aromatic nitrogens is 2. The van der Waals surface area contributed by atoms with Crippen molar-refractivity contribution in [1.82, 2.24) is 24.9 Å². The second kappa shape index (κ2) is 10.3. The third-order valence-electron chi connectivity index (χ3n) is 5.15. The fourth-order valence-electron chi connectivity index (χ4n) is 3.69. The van der Waals surface area contributed by atoms with Crippen LogP contribution in [-0.4, -0.2) is 64.8 Å². The molecule has 0 atom stereocenters. The molecule has 1 aliphatic rings. The Hall–Kier alpha value is -2.34. The van der Waals surface area contributed by atoms with E-state index in [9.17, 15) is 0 Å². The van der Waals surface area contributed by atoms with Crippen LogP contribution >= 0.6 is 0 Å². The molecular formula is C22H34N6. The van der Waals surface area contributed by atoms with E-state index in [1.165, 1.54) is 11.3 Å². The molecule has 0 saturated carbocycles. The van der Waals surface area contributed by atoms with E-state index in [1.807, 2.05) is 6.92 Å². The molecule has 152 valence electrons. The van der Waals surface area contributed by atoms with Crippen LogP contribution in [0.3, 0.4) is 0 Å². The number of nitrogens with zero attached hydrogens (tertiary/aromatic N) is 5. The topological polar surface area (TPSA) is 48.7 Å². The molecule has 2 aromatic rings. The highest BCUT2D eigenvalue weighted by Gasteiger charge is 2.19. The number of hydrogen-bond acceptors (Lipinski definition) is 3. The van der Waals surface area contributed by atoms with Gasteiger partial charge in [-0.3, -0.25) is 14.6 Å². The molecule has 2 heterocycles. The van der Waals surface area contributed by atoms with Crippen molar-refractivity contribution in [3.63, 3.8) is 0 Å². The predicted molar refractivity (Wildman–Crippen MR) is 116 cm³/mol. The van der Waals surface area contributed by atoms with Crippen molar-refractivity contribution in [1.29, 1.82) is 0 Å². The van der Waals surface area contributed by atoms with E-state index in [0.29, 0.717) is 0 Å². The maximum atomic E-state index is 4.87. The number of guanidine groups is 1. The van der Waals surface area contributed by atoms with Gasteiger partial charge in [0.15, 0.2) is 5.96 Å². The van der Waals surface area contributed by atoms with E-state index in [4.69, 9.17) is 4.99 Å².